The molecule has 7 rings (SSSR count). The molecule has 45 heavy (non-hydrogen) atoms. The lowest BCUT2D eigenvalue weighted by molar-refractivity contribution is 0.415. The molecule has 7 aromatic rings. The third-order valence-electron chi connectivity index (χ3n) is 7.09. The molecule has 2 aromatic heterocycles. The first-order valence-corrected chi connectivity index (χ1v) is 14.7. The van der Waals surface area contributed by atoms with Crippen molar-refractivity contribution in [1.82, 2.24) is 9.97 Å². The van der Waals surface area contributed by atoms with E-state index >= 15 is 0 Å². The van der Waals surface area contributed by atoms with E-state index in [1.54, 1.807) is 43.5 Å². The lowest BCUT2D eigenvalue weighted by Gasteiger charge is -2.13. The third kappa shape index (κ3) is 6.88. The smallest absolute Gasteiger partial charge is 0.139 e. The van der Waals surface area contributed by atoms with Crippen LogP contribution in [0.4, 0.5) is 20.2 Å². The molecule has 0 saturated heterocycles. The summed E-state index contributed by atoms with van der Waals surface area (Å²) in [6.07, 6.45) is 0. The molecule has 8 heteroatoms. The van der Waals surface area contributed by atoms with E-state index in [-0.39, 0.29) is 11.6 Å². The Kier molecular flexibility index (Phi) is 8.87. The average molecular weight is 637 g/mol. The minimum absolute atomic E-state index is 0.259. The summed E-state index contributed by atoms with van der Waals surface area (Å²) >= 11 is 12.3. The molecule has 0 aliphatic carbocycles. The first kappa shape index (κ1) is 30.0. The summed E-state index contributed by atoms with van der Waals surface area (Å²) in [5.74, 6) is 0.0653. The van der Waals surface area contributed by atoms with Crippen molar-refractivity contribution < 1.29 is 13.5 Å². The molecule has 0 atom stereocenters. The Labute approximate surface area is 268 Å². The fourth-order valence-electron chi connectivity index (χ4n) is 4.84. The third-order valence-corrected chi connectivity index (χ3v) is 7.72. The minimum atomic E-state index is -0.272. The van der Waals surface area contributed by atoms with Crippen molar-refractivity contribution in [2.75, 3.05) is 12.4 Å². The normalized spacial score (nSPS) is 10.8. The van der Waals surface area contributed by atoms with Gasteiger partial charge in [0, 0.05) is 33.7 Å². The Morgan fingerprint density at radius 2 is 1.11 bits per heavy atom. The van der Waals surface area contributed by atoms with E-state index < -0.39 is 0 Å². The van der Waals surface area contributed by atoms with Gasteiger partial charge >= 0.3 is 0 Å². The fraction of sp³-hybridized carbons (Fsp3) is 0.0270. The lowest BCUT2D eigenvalue weighted by atomic mass is 10.1. The SMILES string of the molecule is COc1cc(Nc2cc(-c3ccc(F)cc3)nc3ccccc23)ccc1Cl.Fc1ccc(-c2cc(Cl)c3ccccc3n2)cc1. The number of pyridine rings is 2. The highest BCUT2D eigenvalue weighted by atomic mass is 35.5. The number of ether oxygens (including phenoxy) is 1. The Morgan fingerprint density at radius 1 is 0.578 bits per heavy atom. The van der Waals surface area contributed by atoms with Gasteiger partial charge in [-0.05, 0) is 84.9 Å². The molecule has 5 aromatic carbocycles. The van der Waals surface area contributed by atoms with Gasteiger partial charge in [-0.25, -0.2) is 18.7 Å². The van der Waals surface area contributed by atoms with Crippen molar-refractivity contribution in [3.63, 3.8) is 0 Å². The Hall–Kier alpha value is -5.04. The number of nitrogens with zero attached hydrogens (tertiary/aromatic N) is 2. The molecule has 0 radical (unpaired) electrons. The highest BCUT2D eigenvalue weighted by Crippen LogP contribution is 2.34. The molecule has 0 unspecified atom stereocenters. The Bertz CT molecular complexity index is 2120. The van der Waals surface area contributed by atoms with Gasteiger partial charge in [-0.3, -0.25) is 0 Å². The zero-order valence-corrected chi connectivity index (χ0v) is 25.5. The van der Waals surface area contributed by atoms with Gasteiger partial charge < -0.3 is 10.1 Å². The predicted octanol–water partition coefficient (Wildman–Crippen LogP) is 11.1. The number of rotatable bonds is 5. The van der Waals surface area contributed by atoms with Crippen LogP contribution in [0.5, 0.6) is 5.75 Å². The number of para-hydroxylation sites is 2. The molecule has 0 aliphatic heterocycles. The van der Waals surface area contributed by atoms with E-state index in [2.05, 4.69) is 10.3 Å². The molecule has 0 spiro atoms. The number of nitrogens with one attached hydrogen (secondary N) is 1. The molecule has 0 amide bonds. The first-order chi connectivity index (χ1) is 21.9. The van der Waals surface area contributed by atoms with Gasteiger partial charge in [0.05, 0.1) is 45.3 Å². The van der Waals surface area contributed by atoms with Crippen molar-refractivity contribution in [2.45, 2.75) is 0 Å². The number of benzene rings is 5. The van der Waals surface area contributed by atoms with Gasteiger partial charge in [0.2, 0.25) is 0 Å². The van der Waals surface area contributed by atoms with Crippen LogP contribution in [-0.2, 0) is 0 Å². The van der Waals surface area contributed by atoms with Crippen LogP contribution in [0, 0.1) is 11.6 Å². The van der Waals surface area contributed by atoms with Crippen LogP contribution < -0.4 is 10.1 Å². The van der Waals surface area contributed by atoms with E-state index in [0.717, 1.165) is 55.7 Å². The van der Waals surface area contributed by atoms with Gasteiger partial charge in [-0.2, -0.15) is 0 Å². The average Bonchev–Trinajstić information content (AvgIpc) is 3.06. The molecule has 0 aliphatic rings. The van der Waals surface area contributed by atoms with E-state index in [0.29, 0.717) is 15.8 Å². The van der Waals surface area contributed by atoms with Crippen molar-refractivity contribution >= 4 is 56.4 Å². The van der Waals surface area contributed by atoms with Crippen molar-refractivity contribution in [3.8, 4) is 28.3 Å². The zero-order valence-electron chi connectivity index (χ0n) is 23.9. The summed E-state index contributed by atoms with van der Waals surface area (Å²) in [5.41, 5.74) is 6.63. The van der Waals surface area contributed by atoms with Crippen LogP contribution in [-0.4, -0.2) is 17.1 Å². The summed E-state index contributed by atoms with van der Waals surface area (Å²) in [4.78, 5) is 9.25. The number of halogens is 4. The summed E-state index contributed by atoms with van der Waals surface area (Å²) in [5, 5.41) is 6.53. The largest absolute Gasteiger partial charge is 0.495 e. The topological polar surface area (TPSA) is 47.0 Å². The second-order valence-electron chi connectivity index (χ2n) is 10.1. The number of aromatic nitrogens is 2. The van der Waals surface area contributed by atoms with Gasteiger partial charge in [0.15, 0.2) is 0 Å². The second kappa shape index (κ2) is 13.3. The lowest BCUT2D eigenvalue weighted by Crippen LogP contribution is -1.96. The van der Waals surface area contributed by atoms with Gasteiger partial charge in [-0.1, -0.05) is 59.6 Å². The number of anilines is 2. The molecule has 2 heterocycles. The molecular formula is C37H25Cl2F2N3O. The number of hydrogen-bond acceptors (Lipinski definition) is 4. The van der Waals surface area contributed by atoms with Crippen LogP contribution >= 0.6 is 23.2 Å². The van der Waals surface area contributed by atoms with Gasteiger partial charge in [-0.15, -0.1) is 0 Å². The Balaban J connectivity index is 0.000000172. The maximum atomic E-state index is 13.3. The van der Waals surface area contributed by atoms with Crippen LogP contribution in [0.3, 0.4) is 0 Å². The standard InChI is InChI=1S/C22H16ClFN2O.C15H9ClFN/c1-27-22-12-16(10-11-18(22)23)25-21-13-20(14-6-8-15(24)9-7-14)26-19-5-3-2-4-17(19)21;16-13-9-15(10-5-7-11(17)8-6-10)18-14-4-2-1-3-12(13)14/h2-13H,1H3,(H,25,26);1-9H. The molecule has 4 nitrogen and oxygen atoms in total. The molecule has 0 saturated carbocycles. The van der Waals surface area contributed by atoms with Crippen LogP contribution in [0.1, 0.15) is 0 Å². The van der Waals surface area contributed by atoms with E-state index in [1.807, 2.05) is 66.7 Å². The summed E-state index contributed by atoms with van der Waals surface area (Å²) < 4.78 is 31.5. The minimum Gasteiger partial charge on any atom is -0.495 e. The predicted molar refractivity (Wildman–Crippen MR) is 181 cm³/mol. The summed E-state index contributed by atoms with van der Waals surface area (Å²) in [6, 6.07) is 37.4. The number of hydrogen-bond donors (Lipinski definition) is 1. The second-order valence-corrected chi connectivity index (χ2v) is 10.9. The van der Waals surface area contributed by atoms with Crippen LogP contribution in [0.2, 0.25) is 10.0 Å². The van der Waals surface area contributed by atoms with Gasteiger partial charge in [0.1, 0.15) is 17.4 Å². The monoisotopic (exact) mass is 635 g/mol. The molecule has 1 N–H and O–H groups in total. The molecule has 222 valence electrons. The van der Waals surface area contributed by atoms with E-state index in [9.17, 15) is 8.78 Å². The van der Waals surface area contributed by atoms with Crippen LogP contribution in [0.15, 0.2) is 127 Å². The maximum absolute atomic E-state index is 13.3. The van der Waals surface area contributed by atoms with E-state index in [1.165, 1.54) is 24.3 Å². The zero-order chi connectivity index (χ0) is 31.3. The Morgan fingerprint density at radius 3 is 1.71 bits per heavy atom. The molecular weight excluding hydrogens is 611 g/mol. The highest BCUT2D eigenvalue weighted by Gasteiger charge is 2.10. The summed E-state index contributed by atoms with van der Waals surface area (Å²) in [6.45, 7) is 0. The van der Waals surface area contributed by atoms with Crippen molar-refractivity contribution in [2.24, 2.45) is 0 Å². The van der Waals surface area contributed by atoms with Gasteiger partial charge in [0.25, 0.3) is 0 Å². The first-order valence-electron chi connectivity index (χ1n) is 14.0. The summed E-state index contributed by atoms with van der Waals surface area (Å²) in [7, 11) is 1.58. The van der Waals surface area contributed by atoms with Crippen LogP contribution in [0.25, 0.3) is 44.3 Å². The highest BCUT2D eigenvalue weighted by molar-refractivity contribution is 6.35. The van der Waals surface area contributed by atoms with E-state index in [4.69, 9.17) is 32.9 Å². The molecule has 0 fully saturated rings. The van der Waals surface area contributed by atoms with Crippen molar-refractivity contribution in [3.05, 3.63) is 149 Å². The maximum Gasteiger partial charge on any atom is 0.139 e. The quantitative estimate of drug-likeness (QED) is 0.204. The number of methoxy groups -OCH3 is 1. The fourth-order valence-corrected chi connectivity index (χ4v) is 5.30. The number of fused-ring (bicyclic) bond motifs is 2. The van der Waals surface area contributed by atoms with Crippen molar-refractivity contribution in [1.29, 1.82) is 0 Å². The molecule has 0 bridgehead atoms.